The highest BCUT2D eigenvalue weighted by atomic mass is 32.2. The topological polar surface area (TPSA) is 20.2 Å². The van der Waals surface area contributed by atoms with Crippen LogP contribution < -0.4 is 0 Å². The van der Waals surface area contributed by atoms with Crippen molar-refractivity contribution in [2.45, 2.75) is 45.6 Å². The van der Waals surface area contributed by atoms with E-state index in [-0.39, 0.29) is 6.10 Å². The van der Waals surface area contributed by atoms with Gasteiger partial charge in [-0.3, -0.25) is 0 Å². The maximum absolute atomic E-state index is 9.33. The molecule has 68 valence electrons. The van der Waals surface area contributed by atoms with Crippen molar-refractivity contribution in [2.24, 2.45) is 0 Å². The fourth-order valence-electron chi connectivity index (χ4n) is 0.882. The molecule has 0 saturated heterocycles. The molecule has 0 aliphatic rings. The van der Waals surface area contributed by atoms with E-state index in [9.17, 15) is 5.11 Å². The number of unbranched alkanes of at least 4 members (excludes halogenated alkanes) is 1. The number of aliphatic hydroxyl groups is 1. The number of rotatable bonds is 7. The van der Waals surface area contributed by atoms with Crippen LogP contribution >= 0.6 is 11.8 Å². The number of thioether (sulfide) groups is 1. The molecule has 0 fully saturated rings. The van der Waals surface area contributed by atoms with Gasteiger partial charge in [0, 0.05) is 5.75 Å². The van der Waals surface area contributed by atoms with Gasteiger partial charge in [0.05, 0.1) is 6.10 Å². The first-order valence-corrected chi connectivity index (χ1v) is 5.72. The van der Waals surface area contributed by atoms with Crippen LogP contribution in [0.4, 0.5) is 0 Å². The molecule has 1 N–H and O–H groups in total. The summed E-state index contributed by atoms with van der Waals surface area (Å²) >= 11 is 1.88. The smallest absolute Gasteiger partial charge is 0.0630 e. The van der Waals surface area contributed by atoms with Gasteiger partial charge >= 0.3 is 0 Å². The minimum atomic E-state index is -0.0677. The van der Waals surface area contributed by atoms with Crippen molar-refractivity contribution in [1.82, 2.24) is 0 Å². The zero-order valence-corrected chi connectivity index (χ0v) is 8.49. The second-order valence-corrected chi connectivity index (χ2v) is 4.02. The normalized spacial score (nSPS) is 13.4. The molecule has 0 saturated carbocycles. The van der Waals surface area contributed by atoms with Crippen LogP contribution in [0.2, 0.25) is 0 Å². The molecular weight excluding hydrogens is 156 g/mol. The van der Waals surface area contributed by atoms with Gasteiger partial charge in [0.15, 0.2) is 0 Å². The SMILES string of the molecule is CCCCSCC(O)CCC. The summed E-state index contributed by atoms with van der Waals surface area (Å²) in [6.45, 7) is 4.31. The number of hydrogen-bond donors (Lipinski definition) is 1. The Morgan fingerprint density at radius 1 is 1.27 bits per heavy atom. The number of hydrogen-bond acceptors (Lipinski definition) is 2. The van der Waals surface area contributed by atoms with Crippen LogP contribution in [0, 0.1) is 0 Å². The van der Waals surface area contributed by atoms with Crippen molar-refractivity contribution >= 4 is 11.8 Å². The summed E-state index contributed by atoms with van der Waals surface area (Å²) in [7, 11) is 0. The van der Waals surface area contributed by atoms with Crippen molar-refractivity contribution in [3.63, 3.8) is 0 Å². The minimum Gasteiger partial charge on any atom is -0.392 e. The standard InChI is InChI=1S/C9H20OS/c1-3-5-7-11-8-9(10)6-4-2/h9-10H,3-8H2,1-2H3. The Morgan fingerprint density at radius 3 is 2.55 bits per heavy atom. The van der Waals surface area contributed by atoms with Crippen LogP contribution in [0.1, 0.15) is 39.5 Å². The van der Waals surface area contributed by atoms with Crippen molar-refractivity contribution in [3.8, 4) is 0 Å². The summed E-state index contributed by atoms with van der Waals surface area (Å²) in [6, 6.07) is 0. The second-order valence-electron chi connectivity index (χ2n) is 2.87. The van der Waals surface area contributed by atoms with E-state index in [0.29, 0.717) is 0 Å². The summed E-state index contributed by atoms with van der Waals surface area (Å²) in [6.07, 6.45) is 4.52. The Kier molecular flexibility index (Phi) is 8.64. The van der Waals surface area contributed by atoms with Crippen molar-refractivity contribution < 1.29 is 5.11 Å². The quantitative estimate of drug-likeness (QED) is 0.602. The van der Waals surface area contributed by atoms with Crippen LogP contribution in [0.25, 0.3) is 0 Å². The van der Waals surface area contributed by atoms with Crippen LogP contribution in [0.3, 0.4) is 0 Å². The van der Waals surface area contributed by atoms with Crippen molar-refractivity contribution in [1.29, 1.82) is 0 Å². The maximum Gasteiger partial charge on any atom is 0.0630 e. The second kappa shape index (κ2) is 8.41. The Labute approximate surface area is 74.6 Å². The molecule has 0 aliphatic heterocycles. The molecule has 0 radical (unpaired) electrons. The average Bonchev–Trinajstić information content (AvgIpc) is 1.99. The fraction of sp³-hybridized carbons (Fsp3) is 1.00. The van der Waals surface area contributed by atoms with Crippen LogP contribution in [-0.4, -0.2) is 22.7 Å². The first-order valence-electron chi connectivity index (χ1n) is 4.57. The molecule has 0 aromatic rings. The molecular formula is C9H20OS. The molecule has 0 rings (SSSR count). The monoisotopic (exact) mass is 176 g/mol. The maximum atomic E-state index is 9.33. The lowest BCUT2D eigenvalue weighted by Crippen LogP contribution is -2.09. The van der Waals surface area contributed by atoms with E-state index in [1.807, 2.05) is 11.8 Å². The van der Waals surface area contributed by atoms with Gasteiger partial charge in [0.25, 0.3) is 0 Å². The van der Waals surface area contributed by atoms with E-state index < -0.39 is 0 Å². The lowest BCUT2D eigenvalue weighted by atomic mass is 10.2. The van der Waals surface area contributed by atoms with Gasteiger partial charge in [-0.25, -0.2) is 0 Å². The van der Waals surface area contributed by atoms with Crippen molar-refractivity contribution in [2.75, 3.05) is 11.5 Å². The molecule has 0 bridgehead atoms. The molecule has 1 atom stereocenters. The van der Waals surface area contributed by atoms with Gasteiger partial charge in [0.1, 0.15) is 0 Å². The van der Waals surface area contributed by atoms with Gasteiger partial charge in [-0.05, 0) is 18.6 Å². The molecule has 0 aromatic carbocycles. The average molecular weight is 176 g/mol. The molecule has 0 aromatic heterocycles. The summed E-state index contributed by atoms with van der Waals surface area (Å²) in [5.74, 6) is 2.13. The minimum absolute atomic E-state index is 0.0677. The molecule has 0 heterocycles. The third kappa shape index (κ3) is 8.21. The Morgan fingerprint density at radius 2 is 2.00 bits per heavy atom. The Hall–Kier alpha value is 0.310. The molecule has 1 nitrogen and oxygen atoms in total. The van der Waals surface area contributed by atoms with E-state index in [0.717, 1.165) is 18.6 Å². The lowest BCUT2D eigenvalue weighted by Gasteiger charge is -2.07. The van der Waals surface area contributed by atoms with Gasteiger partial charge in [-0.1, -0.05) is 26.7 Å². The van der Waals surface area contributed by atoms with E-state index in [2.05, 4.69) is 13.8 Å². The summed E-state index contributed by atoms with van der Waals surface area (Å²) in [5.41, 5.74) is 0. The van der Waals surface area contributed by atoms with Crippen LogP contribution in [0.5, 0.6) is 0 Å². The zero-order valence-electron chi connectivity index (χ0n) is 7.68. The fourth-order valence-corrected chi connectivity index (χ4v) is 1.98. The molecule has 0 spiro atoms. The highest BCUT2D eigenvalue weighted by Gasteiger charge is 2.00. The summed E-state index contributed by atoms with van der Waals surface area (Å²) in [5, 5.41) is 9.33. The Bertz CT molecular complexity index is 76.0. The van der Waals surface area contributed by atoms with E-state index in [1.54, 1.807) is 0 Å². The van der Waals surface area contributed by atoms with Gasteiger partial charge in [-0.2, -0.15) is 11.8 Å². The predicted octanol–water partition coefficient (Wildman–Crippen LogP) is 2.68. The lowest BCUT2D eigenvalue weighted by molar-refractivity contribution is 0.188. The largest absolute Gasteiger partial charge is 0.392 e. The van der Waals surface area contributed by atoms with E-state index >= 15 is 0 Å². The predicted molar refractivity (Wildman–Crippen MR) is 53.1 cm³/mol. The summed E-state index contributed by atoms with van der Waals surface area (Å²) in [4.78, 5) is 0. The molecule has 0 amide bonds. The summed E-state index contributed by atoms with van der Waals surface area (Å²) < 4.78 is 0. The highest BCUT2D eigenvalue weighted by Crippen LogP contribution is 2.09. The first-order chi connectivity index (χ1) is 5.31. The molecule has 11 heavy (non-hydrogen) atoms. The first kappa shape index (κ1) is 11.3. The van der Waals surface area contributed by atoms with Gasteiger partial charge < -0.3 is 5.11 Å². The van der Waals surface area contributed by atoms with E-state index in [1.165, 1.54) is 18.6 Å². The number of aliphatic hydroxyl groups excluding tert-OH is 1. The third-order valence-electron chi connectivity index (χ3n) is 1.57. The van der Waals surface area contributed by atoms with Crippen LogP contribution in [-0.2, 0) is 0 Å². The van der Waals surface area contributed by atoms with Crippen LogP contribution in [0.15, 0.2) is 0 Å². The molecule has 0 aliphatic carbocycles. The molecule has 1 unspecified atom stereocenters. The van der Waals surface area contributed by atoms with Crippen molar-refractivity contribution in [3.05, 3.63) is 0 Å². The van der Waals surface area contributed by atoms with Gasteiger partial charge in [0.2, 0.25) is 0 Å². The van der Waals surface area contributed by atoms with E-state index in [4.69, 9.17) is 0 Å². The molecule has 2 heteroatoms. The Balaban J connectivity index is 2.97. The third-order valence-corrected chi connectivity index (χ3v) is 2.77. The zero-order chi connectivity index (χ0) is 8.53. The van der Waals surface area contributed by atoms with Gasteiger partial charge in [-0.15, -0.1) is 0 Å². The highest BCUT2D eigenvalue weighted by molar-refractivity contribution is 7.99.